The molecule has 2 rings (SSSR count). The van der Waals surface area contributed by atoms with E-state index in [1.807, 2.05) is 44.3 Å². The molecule has 98 valence electrons. The maximum absolute atomic E-state index is 11.7. The molecule has 2 aromatic rings. The molecule has 3 nitrogen and oxygen atoms in total. The van der Waals surface area contributed by atoms with Crippen molar-refractivity contribution in [2.75, 3.05) is 6.61 Å². The lowest BCUT2D eigenvalue weighted by molar-refractivity contribution is 0.101. The number of carbonyl (C=O) groups is 1. The van der Waals surface area contributed by atoms with Gasteiger partial charge in [0.05, 0.1) is 12.2 Å². The highest BCUT2D eigenvalue weighted by atomic mass is 16.5. The van der Waals surface area contributed by atoms with Crippen LogP contribution in [0.1, 0.15) is 29.8 Å². The molecule has 0 N–H and O–H groups in total. The summed E-state index contributed by atoms with van der Waals surface area (Å²) in [5.74, 6) is 0.644. The summed E-state index contributed by atoms with van der Waals surface area (Å²) < 4.78 is 5.48. The first-order valence-corrected chi connectivity index (χ1v) is 6.31. The van der Waals surface area contributed by atoms with Gasteiger partial charge in [-0.15, -0.1) is 0 Å². The molecule has 0 radical (unpaired) electrons. The Kier molecular flexibility index (Phi) is 3.95. The third-order valence-corrected chi connectivity index (χ3v) is 2.87. The van der Waals surface area contributed by atoms with Crippen LogP contribution in [0.2, 0.25) is 0 Å². The van der Waals surface area contributed by atoms with Gasteiger partial charge in [0.15, 0.2) is 5.78 Å². The van der Waals surface area contributed by atoms with Crippen LogP contribution in [0.3, 0.4) is 0 Å². The molecule has 0 spiro atoms. The number of aromatic nitrogens is 1. The molecule has 19 heavy (non-hydrogen) atoms. The lowest BCUT2D eigenvalue weighted by atomic mass is 10.0. The summed E-state index contributed by atoms with van der Waals surface area (Å²) in [5, 5.41) is 0. The fraction of sp³-hybridized carbons (Fsp3) is 0.250. The van der Waals surface area contributed by atoms with Gasteiger partial charge in [-0.05, 0) is 50.1 Å². The molecule has 0 aliphatic heterocycles. The van der Waals surface area contributed by atoms with Crippen molar-refractivity contribution in [3.63, 3.8) is 0 Å². The number of hydrogen-bond donors (Lipinski definition) is 0. The van der Waals surface area contributed by atoms with Crippen molar-refractivity contribution in [3.8, 4) is 16.9 Å². The van der Waals surface area contributed by atoms with E-state index in [-0.39, 0.29) is 5.78 Å². The number of carbonyl (C=O) groups excluding carboxylic acids is 1. The number of benzene rings is 1. The summed E-state index contributed by atoms with van der Waals surface area (Å²) in [6.45, 7) is 6.00. The van der Waals surface area contributed by atoms with E-state index in [0.29, 0.717) is 17.9 Å². The van der Waals surface area contributed by atoms with Crippen molar-refractivity contribution in [3.05, 3.63) is 47.8 Å². The van der Waals surface area contributed by atoms with Crippen molar-refractivity contribution >= 4 is 5.78 Å². The fourth-order valence-corrected chi connectivity index (χ4v) is 1.98. The minimum Gasteiger partial charge on any atom is -0.493 e. The quantitative estimate of drug-likeness (QED) is 0.783. The Morgan fingerprint density at radius 2 is 2.00 bits per heavy atom. The van der Waals surface area contributed by atoms with Gasteiger partial charge in [-0.2, -0.15) is 0 Å². The van der Waals surface area contributed by atoms with Crippen LogP contribution in [0.25, 0.3) is 11.1 Å². The van der Waals surface area contributed by atoms with Crippen LogP contribution < -0.4 is 4.74 Å². The molecule has 0 saturated carbocycles. The van der Waals surface area contributed by atoms with Crippen molar-refractivity contribution in [2.45, 2.75) is 20.8 Å². The van der Waals surface area contributed by atoms with Gasteiger partial charge in [0, 0.05) is 18.0 Å². The lowest BCUT2D eigenvalue weighted by Gasteiger charge is -2.10. The van der Waals surface area contributed by atoms with Gasteiger partial charge in [-0.1, -0.05) is 6.07 Å². The number of Topliss-reactive ketones (excluding diaryl/α,β-unsaturated/α-hetero) is 1. The highest BCUT2D eigenvalue weighted by molar-refractivity contribution is 5.98. The average molecular weight is 255 g/mol. The van der Waals surface area contributed by atoms with Gasteiger partial charge in [-0.3, -0.25) is 9.78 Å². The summed E-state index contributed by atoms with van der Waals surface area (Å²) in [6.07, 6.45) is 3.61. The predicted molar refractivity (Wildman–Crippen MR) is 75.6 cm³/mol. The Morgan fingerprint density at radius 3 is 2.63 bits per heavy atom. The summed E-state index contributed by atoms with van der Waals surface area (Å²) in [6, 6.07) is 7.71. The van der Waals surface area contributed by atoms with Crippen LogP contribution in [0.15, 0.2) is 36.7 Å². The van der Waals surface area contributed by atoms with E-state index < -0.39 is 0 Å². The second-order valence-electron chi connectivity index (χ2n) is 4.45. The number of nitrogens with zero attached hydrogens (tertiary/aromatic N) is 1. The van der Waals surface area contributed by atoms with Gasteiger partial charge in [0.1, 0.15) is 5.75 Å². The number of pyridine rings is 1. The van der Waals surface area contributed by atoms with Gasteiger partial charge < -0.3 is 4.74 Å². The smallest absolute Gasteiger partial charge is 0.163 e. The normalized spacial score (nSPS) is 10.3. The molecule has 0 fully saturated rings. The van der Waals surface area contributed by atoms with Crippen LogP contribution in [0.4, 0.5) is 0 Å². The largest absolute Gasteiger partial charge is 0.493 e. The molecule has 1 aromatic heterocycles. The zero-order chi connectivity index (χ0) is 13.8. The highest BCUT2D eigenvalue weighted by Gasteiger charge is 2.10. The molecule has 0 saturated heterocycles. The zero-order valence-electron chi connectivity index (χ0n) is 11.4. The molecule has 0 unspecified atom stereocenters. The first kappa shape index (κ1) is 13.3. The summed E-state index contributed by atoms with van der Waals surface area (Å²) in [5.41, 5.74) is 3.69. The van der Waals surface area contributed by atoms with Gasteiger partial charge in [0.2, 0.25) is 0 Å². The Morgan fingerprint density at radius 1 is 1.21 bits per heavy atom. The van der Waals surface area contributed by atoms with E-state index in [1.54, 1.807) is 13.1 Å². The van der Waals surface area contributed by atoms with Crippen LogP contribution in [0, 0.1) is 6.92 Å². The maximum atomic E-state index is 11.7. The van der Waals surface area contributed by atoms with Gasteiger partial charge in [-0.25, -0.2) is 0 Å². The second-order valence-corrected chi connectivity index (χ2v) is 4.45. The first-order chi connectivity index (χ1) is 9.11. The SMILES string of the molecule is CCOc1ccc(-c2cncc(C)c2)cc1C(C)=O. The predicted octanol–water partition coefficient (Wildman–Crippen LogP) is 3.66. The van der Waals surface area contributed by atoms with Crippen LogP contribution in [-0.2, 0) is 0 Å². The third-order valence-electron chi connectivity index (χ3n) is 2.87. The van der Waals surface area contributed by atoms with E-state index in [1.165, 1.54) is 0 Å². The fourth-order valence-electron chi connectivity index (χ4n) is 1.98. The number of hydrogen-bond acceptors (Lipinski definition) is 3. The maximum Gasteiger partial charge on any atom is 0.163 e. The molecule has 0 bridgehead atoms. The molecule has 1 heterocycles. The molecule has 0 atom stereocenters. The van der Waals surface area contributed by atoms with E-state index in [9.17, 15) is 4.79 Å². The minimum atomic E-state index is 0.00547. The standard InChI is InChI=1S/C16H17NO2/c1-4-19-16-6-5-13(8-15(16)12(3)18)14-7-11(2)9-17-10-14/h5-10H,4H2,1-3H3. The van der Waals surface area contributed by atoms with Crippen LogP contribution >= 0.6 is 0 Å². The van der Waals surface area contributed by atoms with Crippen molar-refractivity contribution in [2.24, 2.45) is 0 Å². The van der Waals surface area contributed by atoms with Crippen LogP contribution in [0.5, 0.6) is 5.75 Å². The molecule has 1 aromatic carbocycles. The average Bonchev–Trinajstić information content (AvgIpc) is 2.39. The lowest BCUT2D eigenvalue weighted by Crippen LogP contribution is -2.01. The van der Waals surface area contributed by atoms with Crippen molar-refractivity contribution in [1.29, 1.82) is 0 Å². The molecule has 0 amide bonds. The Hall–Kier alpha value is -2.16. The number of ketones is 1. The summed E-state index contributed by atoms with van der Waals surface area (Å²) >= 11 is 0. The molecule has 0 aliphatic carbocycles. The molecular weight excluding hydrogens is 238 g/mol. The van der Waals surface area contributed by atoms with E-state index >= 15 is 0 Å². The van der Waals surface area contributed by atoms with E-state index in [0.717, 1.165) is 16.7 Å². The third kappa shape index (κ3) is 2.99. The topological polar surface area (TPSA) is 39.2 Å². The minimum absolute atomic E-state index is 0.00547. The highest BCUT2D eigenvalue weighted by Crippen LogP contribution is 2.27. The number of aryl methyl sites for hydroxylation is 1. The Labute approximate surface area is 113 Å². The molecule has 0 aliphatic rings. The number of rotatable bonds is 4. The monoisotopic (exact) mass is 255 g/mol. The molecule has 3 heteroatoms. The van der Waals surface area contributed by atoms with E-state index in [2.05, 4.69) is 4.98 Å². The molecular formula is C16H17NO2. The van der Waals surface area contributed by atoms with Gasteiger partial charge >= 0.3 is 0 Å². The van der Waals surface area contributed by atoms with Crippen molar-refractivity contribution in [1.82, 2.24) is 4.98 Å². The second kappa shape index (κ2) is 5.65. The van der Waals surface area contributed by atoms with Crippen molar-refractivity contribution < 1.29 is 9.53 Å². The summed E-state index contributed by atoms with van der Waals surface area (Å²) in [7, 11) is 0. The Balaban J connectivity index is 2.49. The van der Waals surface area contributed by atoms with E-state index in [4.69, 9.17) is 4.74 Å². The van der Waals surface area contributed by atoms with Crippen LogP contribution in [-0.4, -0.2) is 17.4 Å². The Bertz CT molecular complexity index is 605. The summed E-state index contributed by atoms with van der Waals surface area (Å²) in [4.78, 5) is 15.9. The zero-order valence-corrected chi connectivity index (χ0v) is 11.4. The number of ether oxygens (including phenoxy) is 1. The first-order valence-electron chi connectivity index (χ1n) is 6.31. The van der Waals surface area contributed by atoms with Gasteiger partial charge in [0.25, 0.3) is 0 Å².